The molecular formula is C54H97BN6O5. The number of unbranched alkanes of at least 4 members (excludes halogenated alkanes) is 8. The molecule has 4 N–H and O–H groups in total. The molecule has 0 amide bonds. The molecule has 0 bridgehead atoms. The molecule has 5 unspecified atom stereocenters. The fourth-order valence-corrected chi connectivity index (χ4v) is 9.52. The van der Waals surface area contributed by atoms with Crippen molar-refractivity contribution in [1.82, 2.24) is 25.2 Å². The summed E-state index contributed by atoms with van der Waals surface area (Å²) in [4.78, 5) is 19.3. The number of rotatable bonds is 39. The zero-order valence-corrected chi connectivity index (χ0v) is 43.6. The second-order valence-electron chi connectivity index (χ2n) is 19.5. The summed E-state index contributed by atoms with van der Waals surface area (Å²) in [6.07, 6.45) is 27.3. The van der Waals surface area contributed by atoms with Gasteiger partial charge in [-0.25, -0.2) is 0 Å². The number of nitrogens with two attached hydrogens (primary N) is 1. The van der Waals surface area contributed by atoms with Crippen molar-refractivity contribution in [3.8, 4) is 12.3 Å². The number of hydrogen-bond donors (Lipinski definition) is 3. The van der Waals surface area contributed by atoms with E-state index in [9.17, 15) is 4.79 Å². The minimum absolute atomic E-state index is 0.0546. The van der Waals surface area contributed by atoms with Crippen LogP contribution in [0.1, 0.15) is 131 Å². The number of ketones is 1. The van der Waals surface area contributed by atoms with Gasteiger partial charge in [-0.05, 0) is 95.7 Å². The number of hydrogen-bond acceptors (Lipinski definition) is 11. The number of nitrogens with zero attached hydrogens (tertiary/aromatic N) is 3. The van der Waals surface area contributed by atoms with Crippen molar-refractivity contribution in [1.29, 1.82) is 0 Å². The van der Waals surface area contributed by atoms with Crippen LogP contribution in [0.5, 0.6) is 0 Å². The van der Waals surface area contributed by atoms with Crippen molar-refractivity contribution in [3.05, 3.63) is 60.9 Å². The van der Waals surface area contributed by atoms with Gasteiger partial charge in [-0.2, -0.15) is 0 Å². The molecule has 0 aromatic heterocycles. The molecule has 0 radical (unpaired) electrons. The van der Waals surface area contributed by atoms with Gasteiger partial charge in [-0.1, -0.05) is 98.7 Å². The highest BCUT2D eigenvalue weighted by Crippen LogP contribution is 2.44. The van der Waals surface area contributed by atoms with Crippen LogP contribution >= 0.6 is 0 Å². The summed E-state index contributed by atoms with van der Waals surface area (Å²) in [5.41, 5.74) is 8.50. The van der Waals surface area contributed by atoms with Crippen molar-refractivity contribution in [2.24, 2.45) is 23.0 Å². The van der Waals surface area contributed by atoms with Gasteiger partial charge in [-0.3, -0.25) is 9.69 Å². The maximum Gasteiger partial charge on any atom is 0.198 e. The van der Waals surface area contributed by atoms with E-state index in [1.54, 1.807) is 13.0 Å². The van der Waals surface area contributed by atoms with Crippen LogP contribution < -0.4 is 16.3 Å². The molecule has 8 atom stereocenters. The average molecular weight is 921 g/mol. The number of terminal acetylenes is 1. The van der Waals surface area contributed by atoms with E-state index in [2.05, 4.69) is 98.5 Å². The Kier molecular flexibility index (Phi) is 29.9. The first-order valence-electron chi connectivity index (χ1n) is 25.8. The molecule has 66 heavy (non-hydrogen) atoms. The van der Waals surface area contributed by atoms with Crippen molar-refractivity contribution in [2.45, 2.75) is 168 Å². The van der Waals surface area contributed by atoms with Gasteiger partial charge in [0.15, 0.2) is 19.1 Å². The van der Waals surface area contributed by atoms with Crippen molar-refractivity contribution < 1.29 is 23.7 Å². The summed E-state index contributed by atoms with van der Waals surface area (Å²) in [7, 11) is 6.95. The van der Waals surface area contributed by atoms with Gasteiger partial charge < -0.3 is 45.0 Å². The highest BCUT2D eigenvalue weighted by Gasteiger charge is 2.44. The number of Topliss-reactive ketones (excluding diaryl/α,β-unsaturated/α-hetero) is 1. The largest absolute Gasteiger partial charge is 0.489 e. The molecular weight excluding hydrogens is 823 g/mol. The van der Waals surface area contributed by atoms with Crippen LogP contribution in [0, 0.1) is 29.6 Å². The molecule has 1 aliphatic heterocycles. The van der Waals surface area contributed by atoms with Gasteiger partial charge in [0, 0.05) is 82.4 Å². The van der Waals surface area contributed by atoms with E-state index in [0.717, 1.165) is 102 Å². The maximum absolute atomic E-state index is 12.5. The third-order valence-corrected chi connectivity index (χ3v) is 14.1. The summed E-state index contributed by atoms with van der Waals surface area (Å²) >= 11 is 0. The number of carbonyl (C=O) groups excluding carboxylic acids is 1. The Hall–Kier alpha value is -3.05. The lowest BCUT2D eigenvalue weighted by atomic mass is 9.66. The minimum Gasteiger partial charge on any atom is -0.489 e. The van der Waals surface area contributed by atoms with E-state index in [4.69, 9.17) is 31.1 Å². The predicted octanol–water partition coefficient (Wildman–Crippen LogP) is 8.61. The monoisotopic (exact) mass is 921 g/mol. The molecule has 0 aromatic carbocycles. The average Bonchev–Trinajstić information content (AvgIpc) is 3.30. The third-order valence-electron chi connectivity index (χ3n) is 14.1. The molecule has 0 spiro atoms. The summed E-state index contributed by atoms with van der Waals surface area (Å²) < 4.78 is 25.5. The molecule has 1 heterocycles. The lowest BCUT2D eigenvalue weighted by Gasteiger charge is -2.45. The summed E-state index contributed by atoms with van der Waals surface area (Å²) in [6.45, 7) is 32.5. The van der Waals surface area contributed by atoms with Gasteiger partial charge in [-0.15, -0.1) is 12.3 Å². The number of ether oxygens (including phenoxy) is 4. The zero-order chi connectivity index (χ0) is 48.9. The molecule has 0 aromatic rings. The fourth-order valence-electron chi connectivity index (χ4n) is 9.52. The Bertz CT molecular complexity index is 1520. The lowest BCUT2D eigenvalue weighted by Crippen LogP contribution is -2.56. The summed E-state index contributed by atoms with van der Waals surface area (Å²) in [5.74, 6) is 4.91. The topological polar surface area (TPSA) is 114 Å². The smallest absolute Gasteiger partial charge is 0.198 e. The Morgan fingerprint density at radius 2 is 1.61 bits per heavy atom. The molecule has 2 aliphatic rings. The number of nitrogens with one attached hydrogen (secondary N) is 2. The third kappa shape index (κ3) is 21.5. The van der Waals surface area contributed by atoms with E-state index >= 15 is 0 Å². The van der Waals surface area contributed by atoms with Crippen LogP contribution in [-0.4, -0.2) is 139 Å². The molecule has 11 nitrogen and oxygen atoms in total. The quantitative estimate of drug-likeness (QED) is 0.0239. The highest BCUT2D eigenvalue weighted by molar-refractivity contribution is 6.30. The van der Waals surface area contributed by atoms with Crippen LogP contribution in [-0.2, 0) is 23.7 Å². The van der Waals surface area contributed by atoms with Crippen molar-refractivity contribution in [3.63, 3.8) is 0 Å². The number of carbonyl (C=O) groups is 1. The second-order valence-corrected chi connectivity index (χ2v) is 19.5. The van der Waals surface area contributed by atoms with Crippen LogP contribution in [0.15, 0.2) is 60.9 Å². The van der Waals surface area contributed by atoms with Gasteiger partial charge in [0.05, 0.1) is 25.9 Å². The molecule has 0 saturated carbocycles. The molecule has 0 saturated heterocycles. The fraction of sp³-hybridized carbons (Fsp3) is 0.759. The Morgan fingerprint density at radius 3 is 2.20 bits per heavy atom. The number of allylic oxidation sites excluding steroid dienone is 3. The van der Waals surface area contributed by atoms with Gasteiger partial charge in [0.1, 0.15) is 18.0 Å². The molecule has 0 fully saturated rings. The van der Waals surface area contributed by atoms with E-state index < -0.39 is 0 Å². The van der Waals surface area contributed by atoms with Crippen molar-refractivity contribution in [2.75, 3.05) is 80.3 Å². The molecule has 2 rings (SSSR count). The maximum atomic E-state index is 12.5. The second kappa shape index (κ2) is 33.5. The molecule has 1 aliphatic carbocycles. The first-order chi connectivity index (χ1) is 31.7. The number of likely N-dealkylation sites (N-methyl/N-ethyl adjacent to an activating group) is 2. The van der Waals surface area contributed by atoms with Gasteiger partial charge >= 0.3 is 0 Å². The normalized spacial score (nSPS) is 22.0. The Balaban J connectivity index is 1.85. The van der Waals surface area contributed by atoms with Crippen LogP contribution in [0.2, 0.25) is 6.82 Å². The van der Waals surface area contributed by atoms with Crippen molar-refractivity contribution >= 4 is 13.2 Å². The molecule has 12 heteroatoms. The minimum atomic E-state index is -0.194. The van der Waals surface area contributed by atoms with Gasteiger partial charge in [0.25, 0.3) is 0 Å². The lowest BCUT2D eigenvalue weighted by molar-refractivity contribution is -0.115. The van der Waals surface area contributed by atoms with Gasteiger partial charge in [0.2, 0.25) is 0 Å². The first-order valence-corrected chi connectivity index (χ1v) is 25.8. The van der Waals surface area contributed by atoms with Crippen LogP contribution in [0.25, 0.3) is 0 Å². The SMILES string of the molecule is C#CCCCCCCCCCCN(CCOCCCN(C)C(=C)O[C@H](C(C)CC)[C@]1(C)CC(C(C)=O)=CC(NC)C1)CCOCCN(C)C(=C)CC(CC)C1OC(C=C)=C[C@H](NBC)C1N. The zero-order valence-electron chi connectivity index (χ0n) is 43.6. The first kappa shape index (κ1) is 59.1. The highest BCUT2D eigenvalue weighted by atomic mass is 16.5. The molecule has 376 valence electrons. The standard InChI is InChI=1S/C54H97BN6O5/c1-14-18-19-20-21-22-23-24-25-26-29-61(32-36-64-34-30-59(12)43(6)37-46(16-3)52-51(56)50(58-55-10)39-49(17-4)66-52)31-35-63-33-27-28-60(13)45(8)65-53(42(5)15-2)54(9)40-47(44(7)62)38-48(41-54)57-11/h1,17,38-39,42,46,48,50-53,55,57-58H,4,6,8,15-16,18-37,40-41,56H2,2-3,5,7,9-13H3/t42?,46?,48?,50-,51?,52?,53+,54+/m0/s1. The predicted molar refractivity (Wildman–Crippen MR) is 279 cm³/mol. The summed E-state index contributed by atoms with van der Waals surface area (Å²) in [6, 6.07) is 0.0507. The van der Waals surface area contributed by atoms with E-state index in [-0.39, 0.29) is 47.4 Å². The Morgan fingerprint density at radius 1 is 0.970 bits per heavy atom. The van der Waals surface area contributed by atoms with E-state index in [1.165, 1.54) is 44.9 Å². The van der Waals surface area contributed by atoms with Crippen LogP contribution in [0.3, 0.4) is 0 Å². The van der Waals surface area contributed by atoms with E-state index in [0.29, 0.717) is 44.6 Å². The van der Waals surface area contributed by atoms with Crippen LogP contribution in [0.4, 0.5) is 0 Å². The van der Waals surface area contributed by atoms with E-state index in [1.807, 2.05) is 20.2 Å². The summed E-state index contributed by atoms with van der Waals surface area (Å²) in [5, 5.41) is 6.89. The Labute approximate surface area is 405 Å².